The summed E-state index contributed by atoms with van der Waals surface area (Å²) in [6, 6.07) is 0.175. The van der Waals surface area contributed by atoms with Crippen molar-refractivity contribution in [2.24, 2.45) is 0 Å². The summed E-state index contributed by atoms with van der Waals surface area (Å²) in [5, 5.41) is 9.23. The van der Waals surface area contributed by atoms with Crippen molar-refractivity contribution in [3.63, 3.8) is 0 Å². The lowest BCUT2D eigenvalue weighted by molar-refractivity contribution is -0.150. The van der Waals surface area contributed by atoms with Crippen LogP contribution >= 0.6 is 0 Å². The second-order valence-electron chi connectivity index (χ2n) is 4.38. The first kappa shape index (κ1) is 12.5. The second-order valence-corrected chi connectivity index (χ2v) is 4.38. The van der Waals surface area contributed by atoms with E-state index >= 15 is 0 Å². The summed E-state index contributed by atoms with van der Waals surface area (Å²) in [6.45, 7) is 7.94. The van der Waals surface area contributed by atoms with Gasteiger partial charge in [0.1, 0.15) is 5.54 Å². The topological polar surface area (TPSA) is 49.8 Å². The van der Waals surface area contributed by atoms with Gasteiger partial charge in [-0.3, -0.25) is 9.69 Å². The molecule has 0 saturated carbocycles. The third kappa shape index (κ3) is 2.49. The summed E-state index contributed by atoms with van der Waals surface area (Å²) in [6.07, 6.45) is 1.69. The van der Waals surface area contributed by atoms with Crippen LogP contribution in [0.15, 0.2) is 0 Å². The largest absolute Gasteiger partial charge is 0.480 e. The minimum Gasteiger partial charge on any atom is -0.480 e. The lowest BCUT2D eigenvalue weighted by Gasteiger charge is -2.35. The van der Waals surface area contributed by atoms with Gasteiger partial charge in [-0.1, -0.05) is 0 Å². The Bertz CT molecular complexity index is 232. The fourth-order valence-corrected chi connectivity index (χ4v) is 2.30. The van der Waals surface area contributed by atoms with Crippen LogP contribution in [0.5, 0.6) is 0 Å². The lowest BCUT2D eigenvalue weighted by Crippen LogP contribution is -2.53. The van der Waals surface area contributed by atoms with Gasteiger partial charge in [-0.05, 0) is 40.2 Å². The maximum absolute atomic E-state index is 11.2. The lowest BCUT2D eigenvalue weighted by atomic mass is 9.98. The molecule has 0 amide bonds. The molecule has 1 rings (SSSR count). The summed E-state index contributed by atoms with van der Waals surface area (Å²) in [7, 11) is 0. The van der Waals surface area contributed by atoms with E-state index in [1.165, 1.54) is 0 Å². The third-order valence-corrected chi connectivity index (χ3v) is 3.25. The van der Waals surface area contributed by atoms with Gasteiger partial charge in [-0.25, -0.2) is 0 Å². The Morgan fingerprint density at radius 1 is 1.67 bits per heavy atom. The van der Waals surface area contributed by atoms with Crippen molar-refractivity contribution >= 4 is 5.97 Å². The normalized spacial score (nSPS) is 29.3. The number of carboxylic acids is 1. The SMILES string of the molecule is CCOCC(C)N1CCCC1(C)C(=O)O. The zero-order valence-corrected chi connectivity index (χ0v) is 9.82. The number of likely N-dealkylation sites (tertiary alicyclic amines) is 1. The minimum absolute atomic E-state index is 0.175. The quantitative estimate of drug-likeness (QED) is 0.752. The molecule has 0 aromatic carbocycles. The summed E-state index contributed by atoms with van der Waals surface area (Å²) < 4.78 is 5.35. The van der Waals surface area contributed by atoms with Crippen molar-refractivity contribution < 1.29 is 14.6 Å². The van der Waals surface area contributed by atoms with Crippen molar-refractivity contribution in [1.82, 2.24) is 4.90 Å². The highest BCUT2D eigenvalue weighted by Gasteiger charge is 2.45. The van der Waals surface area contributed by atoms with Gasteiger partial charge in [0.2, 0.25) is 0 Å². The molecule has 0 radical (unpaired) electrons. The van der Waals surface area contributed by atoms with Gasteiger partial charge in [0.05, 0.1) is 6.61 Å². The van der Waals surface area contributed by atoms with E-state index in [0.29, 0.717) is 13.2 Å². The van der Waals surface area contributed by atoms with Crippen molar-refractivity contribution in [2.75, 3.05) is 19.8 Å². The molecule has 0 aliphatic carbocycles. The first-order valence-electron chi connectivity index (χ1n) is 5.60. The Labute approximate surface area is 91.2 Å². The zero-order chi connectivity index (χ0) is 11.5. The van der Waals surface area contributed by atoms with Gasteiger partial charge < -0.3 is 9.84 Å². The second kappa shape index (κ2) is 4.94. The van der Waals surface area contributed by atoms with Crippen molar-refractivity contribution in [3.8, 4) is 0 Å². The molecular formula is C11H21NO3. The average Bonchev–Trinajstić information content (AvgIpc) is 2.58. The Kier molecular flexibility index (Phi) is 4.11. The first-order valence-corrected chi connectivity index (χ1v) is 5.60. The standard InChI is InChI=1S/C11H21NO3/c1-4-15-8-9(2)12-7-5-6-11(12,3)10(13)14/h9H,4-8H2,1-3H3,(H,13,14). The molecule has 2 unspecified atom stereocenters. The number of carboxylic acid groups (broad SMARTS) is 1. The fourth-order valence-electron chi connectivity index (χ4n) is 2.30. The molecule has 88 valence electrons. The van der Waals surface area contributed by atoms with Crippen LogP contribution in [0.3, 0.4) is 0 Å². The summed E-state index contributed by atoms with van der Waals surface area (Å²) in [5.74, 6) is -0.719. The summed E-state index contributed by atoms with van der Waals surface area (Å²) >= 11 is 0. The zero-order valence-electron chi connectivity index (χ0n) is 9.82. The van der Waals surface area contributed by atoms with Crippen LogP contribution in [0.4, 0.5) is 0 Å². The van der Waals surface area contributed by atoms with Crippen molar-refractivity contribution in [2.45, 2.75) is 45.2 Å². The van der Waals surface area contributed by atoms with Crippen LogP contribution in [-0.2, 0) is 9.53 Å². The number of hydrogen-bond donors (Lipinski definition) is 1. The number of carbonyl (C=O) groups is 1. The third-order valence-electron chi connectivity index (χ3n) is 3.25. The van der Waals surface area contributed by atoms with Crippen LogP contribution in [0, 0.1) is 0 Å². The number of hydrogen-bond acceptors (Lipinski definition) is 3. The maximum Gasteiger partial charge on any atom is 0.323 e. The van der Waals surface area contributed by atoms with Crippen LogP contribution in [0.1, 0.15) is 33.6 Å². The average molecular weight is 215 g/mol. The molecular weight excluding hydrogens is 194 g/mol. The molecule has 1 aliphatic rings. The summed E-state index contributed by atoms with van der Waals surface area (Å²) in [5.41, 5.74) is -0.698. The highest BCUT2D eigenvalue weighted by atomic mass is 16.5. The molecule has 1 aliphatic heterocycles. The van der Waals surface area contributed by atoms with E-state index in [0.717, 1.165) is 19.4 Å². The smallest absolute Gasteiger partial charge is 0.323 e. The highest BCUT2D eigenvalue weighted by molar-refractivity contribution is 5.78. The molecule has 1 N–H and O–H groups in total. The van der Waals surface area contributed by atoms with E-state index in [9.17, 15) is 9.90 Å². The maximum atomic E-state index is 11.2. The summed E-state index contributed by atoms with van der Waals surface area (Å²) in [4.78, 5) is 13.3. The Morgan fingerprint density at radius 3 is 2.87 bits per heavy atom. The highest BCUT2D eigenvalue weighted by Crippen LogP contribution is 2.31. The molecule has 0 spiro atoms. The minimum atomic E-state index is -0.719. The number of nitrogens with zero attached hydrogens (tertiary/aromatic N) is 1. The molecule has 0 bridgehead atoms. The predicted molar refractivity (Wildman–Crippen MR) is 57.9 cm³/mol. The monoisotopic (exact) mass is 215 g/mol. The molecule has 15 heavy (non-hydrogen) atoms. The van der Waals surface area contributed by atoms with Crippen LogP contribution in [-0.4, -0.2) is 47.3 Å². The van der Waals surface area contributed by atoms with E-state index in [1.54, 1.807) is 0 Å². The Hall–Kier alpha value is -0.610. The van der Waals surface area contributed by atoms with Crippen LogP contribution in [0.25, 0.3) is 0 Å². The van der Waals surface area contributed by atoms with E-state index in [-0.39, 0.29) is 6.04 Å². The molecule has 0 aromatic rings. The first-order chi connectivity index (χ1) is 7.02. The predicted octanol–water partition coefficient (Wildman–Crippen LogP) is 1.35. The molecule has 4 heteroatoms. The van der Waals surface area contributed by atoms with E-state index in [2.05, 4.69) is 0 Å². The van der Waals surface area contributed by atoms with E-state index in [1.807, 2.05) is 25.7 Å². The Balaban J connectivity index is 2.63. The van der Waals surface area contributed by atoms with Gasteiger partial charge in [0.15, 0.2) is 0 Å². The van der Waals surface area contributed by atoms with Gasteiger partial charge in [0.25, 0.3) is 0 Å². The molecule has 1 fully saturated rings. The van der Waals surface area contributed by atoms with Crippen molar-refractivity contribution in [3.05, 3.63) is 0 Å². The molecule has 4 nitrogen and oxygen atoms in total. The Morgan fingerprint density at radius 2 is 2.33 bits per heavy atom. The molecule has 0 aromatic heterocycles. The van der Waals surface area contributed by atoms with Gasteiger partial charge >= 0.3 is 5.97 Å². The fraction of sp³-hybridized carbons (Fsp3) is 0.909. The van der Waals surface area contributed by atoms with Gasteiger partial charge in [-0.2, -0.15) is 0 Å². The van der Waals surface area contributed by atoms with Crippen molar-refractivity contribution in [1.29, 1.82) is 0 Å². The molecule has 1 heterocycles. The van der Waals surface area contributed by atoms with E-state index < -0.39 is 11.5 Å². The number of ether oxygens (including phenoxy) is 1. The number of aliphatic carboxylic acids is 1. The van der Waals surface area contributed by atoms with Crippen LogP contribution in [0.2, 0.25) is 0 Å². The molecule has 2 atom stereocenters. The molecule has 1 saturated heterocycles. The van der Waals surface area contributed by atoms with E-state index in [4.69, 9.17) is 4.74 Å². The van der Waals surface area contributed by atoms with Crippen LogP contribution < -0.4 is 0 Å². The number of rotatable bonds is 5. The van der Waals surface area contributed by atoms with Gasteiger partial charge in [-0.15, -0.1) is 0 Å². The van der Waals surface area contributed by atoms with Gasteiger partial charge in [0, 0.05) is 12.6 Å².